The molecule has 0 bridgehead atoms. The van der Waals surface area contributed by atoms with Crippen LogP contribution >= 0.6 is 11.6 Å². The second kappa shape index (κ2) is 6.38. The number of rotatable bonds is 5. The van der Waals surface area contributed by atoms with Crippen LogP contribution < -0.4 is 10.1 Å². The highest BCUT2D eigenvalue weighted by Gasteiger charge is 2.16. The zero-order valence-electron chi connectivity index (χ0n) is 9.50. The van der Waals surface area contributed by atoms with E-state index in [4.69, 9.17) is 16.3 Å². The summed E-state index contributed by atoms with van der Waals surface area (Å²) in [5, 5.41) is 3.39. The van der Waals surface area contributed by atoms with E-state index in [2.05, 4.69) is 5.32 Å². The molecule has 0 saturated heterocycles. The summed E-state index contributed by atoms with van der Waals surface area (Å²) >= 11 is 5.76. The Morgan fingerprint density at radius 3 is 2.50 bits per heavy atom. The van der Waals surface area contributed by atoms with Crippen LogP contribution in [0.25, 0.3) is 0 Å². The maximum absolute atomic E-state index is 11.6. The molecule has 1 atom stereocenters. The van der Waals surface area contributed by atoms with E-state index >= 15 is 0 Å². The predicted octanol–water partition coefficient (Wildman–Crippen LogP) is 2.63. The fraction of sp³-hybridized carbons (Fsp3) is 0.417. The number of likely N-dealkylation sites (N-methyl/N-ethyl adjacent to an activating group) is 1. The van der Waals surface area contributed by atoms with Crippen molar-refractivity contribution in [1.82, 2.24) is 5.32 Å². The number of carbonyl (C=O) groups is 1. The van der Waals surface area contributed by atoms with Gasteiger partial charge in [-0.15, -0.1) is 0 Å². The van der Waals surface area contributed by atoms with E-state index in [0.29, 0.717) is 23.7 Å². The summed E-state index contributed by atoms with van der Waals surface area (Å²) in [6.07, 6.45) is 0.190. The van der Waals surface area contributed by atoms with E-state index in [1.54, 1.807) is 24.3 Å². The summed E-state index contributed by atoms with van der Waals surface area (Å²) in [6, 6.07) is 6.98. The van der Waals surface area contributed by atoms with Crippen LogP contribution in [0.1, 0.15) is 20.3 Å². The van der Waals surface area contributed by atoms with Gasteiger partial charge in [-0.3, -0.25) is 4.79 Å². The van der Waals surface area contributed by atoms with Crippen LogP contribution in [0.3, 0.4) is 0 Å². The van der Waals surface area contributed by atoms with Crippen LogP contribution in [0.5, 0.6) is 5.75 Å². The molecule has 0 aliphatic rings. The van der Waals surface area contributed by atoms with Crippen LogP contribution in [0.2, 0.25) is 5.02 Å². The van der Waals surface area contributed by atoms with Gasteiger partial charge in [-0.05, 0) is 37.6 Å². The van der Waals surface area contributed by atoms with Crippen molar-refractivity contribution in [2.75, 3.05) is 6.54 Å². The quantitative estimate of drug-likeness (QED) is 0.861. The molecule has 1 aromatic carbocycles. The standard InChI is InChI=1S/C12H16ClNO2/c1-3-11(12(15)14-4-2)16-10-7-5-9(13)6-8-10/h5-8,11H,3-4H2,1-2H3,(H,14,15)/t11-/m1/s1. The van der Waals surface area contributed by atoms with Gasteiger partial charge in [-0.1, -0.05) is 18.5 Å². The lowest BCUT2D eigenvalue weighted by Crippen LogP contribution is -2.37. The first-order valence-corrected chi connectivity index (χ1v) is 5.75. The Balaban J connectivity index is 2.62. The Kier molecular flexibility index (Phi) is 5.12. The van der Waals surface area contributed by atoms with Crippen molar-refractivity contribution in [3.05, 3.63) is 29.3 Å². The number of carbonyl (C=O) groups excluding carboxylic acids is 1. The van der Waals surface area contributed by atoms with Gasteiger partial charge >= 0.3 is 0 Å². The molecule has 0 heterocycles. The number of halogens is 1. The molecular formula is C12H16ClNO2. The Morgan fingerprint density at radius 2 is 2.00 bits per heavy atom. The maximum atomic E-state index is 11.6. The summed E-state index contributed by atoms with van der Waals surface area (Å²) in [7, 11) is 0. The van der Waals surface area contributed by atoms with Crippen LogP contribution in [0, 0.1) is 0 Å². The predicted molar refractivity (Wildman–Crippen MR) is 64.8 cm³/mol. The Labute approximate surface area is 101 Å². The van der Waals surface area contributed by atoms with Gasteiger partial charge in [-0.25, -0.2) is 0 Å². The lowest BCUT2D eigenvalue weighted by Gasteiger charge is -2.16. The Morgan fingerprint density at radius 1 is 1.38 bits per heavy atom. The highest BCUT2D eigenvalue weighted by molar-refractivity contribution is 6.30. The lowest BCUT2D eigenvalue weighted by molar-refractivity contribution is -0.128. The third kappa shape index (κ3) is 3.74. The van der Waals surface area contributed by atoms with E-state index < -0.39 is 6.10 Å². The first-order valence-electron chi connectivity index (χ1n) is 5.37. The monoisotopic (exact) mass is 241 g/mol. The number of hydrogen-bond acceptors (Lipinski definition) is 2. The average Bonchev–Trinajstić information content (AvgIpc) is 2.28. The molecule has 1 N–H and O–H groups in total. The molecule has 0 unspecified atom stereocenters. The molecule has 1 rings (SSSR count). The van der Waals surface area contributed by atoms with Gasteiger partial charge in [0.2, 0.25) is 0 Å². The first-order chi connectivity index (χ1) is 7.67. The Hall–Kier alpha value is -1.22. The van der Waals surface area contributed by atoms with Crippen LogP contribution in [0.4, 0.5) is 0 Å². The number of amides is 1. The van der Waals surface area contributed by atoms with E-state index in [1.165, 1.54) is 0 Å². The Bertz CT molecular complexity index is 337. The van der Waals surface area contributed by atoms with Crippen molar-refractivity contribution < 1.29 is 9.53 Å². The van der Waals surface area contributed by atoms with Crippen molar-refractivity contribution >= 4 is 17.5 Å². The fourth-order valence-corrected chi connectivity index (χ4v) is 1.41. The second-order valence-electron chi connectivity index (χ2n) is 3.36. The van der Waals surface area contributed by atoms with E-state index in [9.17, 15) is 4.79 Å². The number of benzene rings is 1. The molecule has 16 heavy (non-hydrogen) atoms. The highest BCUT2D eigenvalue weighted by atomic mass is 35.5. The van der Waals surface area contributed by atoms with Crippen LogP contribution in [0.15, 0.2) is 24.3 Å². The molecule has 0 fully saturated rings. The molecule has 4 heteroatoms. The largest absolute Gasteiger partial charge is 0.481 e. The minimum atomic E-state index is -0.443. The van der Waals surface area contributed by atoms with E-state index in [0.717, 1.165) is 0 Å². The third-order valence-corrected chi connectivity index (χ3v) is 2.36. The molecule has 0 spiro atoms. The smallest absolute Gasteiger partial charge is 0.261 e. The summed E-state index contributed by atoms with van der Waals surface area (Å²) in [5.74, 6) is 0.572. The minimum Gasteiger partial charge on any atom is -0.481 e. The molecule has 0 saturated carbocycles. The summed E-state index contributed by atoms with van der Waals surface area (Å²) < 4.78 is 5.56. The normalized spacial score (nSPS) is 11.9. The SMILES string of the molecule is CCNC(=O)[C@@H](CC)Oc1ccc(Cl)cc1. The highest BCUT2D eigenvalue weighted by Crippen LogP contribution is 2.17. The van der Waals surface area contributed by atoms with Crippen molar-refractivity contribution in [2.24, 2.45) is 0 Å². The molecule has 0 aromatic heterocycles. The van der Waals surface area contributed by atoms with Crippen LogP contribution in [-0.4, -0.2) is 18.6 Å². The molecule has 0 aliphatic heterocycles. The van der Waals surface area contributed by atoms with Gasteiger partial charge in [0.05, 0.1) is 0 Å². The topological polar surface area (TPSA) is 38.3 Å². The molecule has 3 nitrogen and oxygen atoms in total. The van der Waals surface area contributed by atoms with Crippen molar-refractivity contribution in [1.29, 1.82) is 0 Å². The zero-order valence-corrected chi connectivity index (χ0v) is 10.3. The first kappa shape index (κ1) is 12.8. The summed E-state index contributed by atoms with van der Waals surface area (Å²) in [5.41, 5.74) is 0. The lowest BCUT2D eigenvalue weighted by atomic mass is 10.2. The van der Waals surface area contributed by atoms with Gasteiger partial charge in [0.1, 0.15) is 5.75 Å². The number of ether oxygens (including phenoxy) is 1. The van der Waals surface area contributed by atoms with E-state index in [1.807, 2.05) is 13.8 Å². The molecule has 1 amide bonds. The average molecular weight is 242 g/mol. The number of hydrogen-bond donors (Lipinski definition) is 1. The molecular weight excluding hydrogens is 226 g/mol. The van der Waals surface area contributed by atoms with Crippen molar-refractivity contribution in [2.45, 2.75) is 26.4 Å². The molecule has 0 radical (unpaired) electrons. The zero-order chi connectivity index (χ0) is 12.0. The maximum Gasteiger partial charge on any atom is 0.261 e. The second-order valence-corrected chi connectivity index (χ2v) is 3.80. The number of nitrogens with one attached hydrogen (secondary N) is 1. The molecule has 0 aliphatic carbocycles. The fourth-order valence-electron chi connectivity index (χ4n) is 1.29. The van der Waals surface area contributed by atoms with Gasteiger partial charge in [0.25, 0.3) is 5.91 Å². The van der Waals surface area contributed by atoms with Crippen molar-refractivity contribution in [3.63, 3.8) is 0 Å². The van der Waals surface area contributed by atoms with Crippen LogP contribution in [-0.2, 0) is 4.79 Å². The molecule has 1 aromatic rings. The van der Waals surface area contributed by atoms with Gasteiger partial charge in [-0.2, -0.15) is 0 Å². The van der Waals surface area contributed by atoms with Gasteiger partial charge in [0.15, 0.2) is 6.10 Å². The van der Waals surface area contributed by atoms with Gasteiger partial charge in [0, 0.05) is 11.6 Å². The summed E-state index contributed by atoms with van der Waals surface area (Å²) in [4.78, 5) is 11.6. The third-order valence-electron chi connectivity index (χ3n) is 2.11. The molecule has 88 valence electrons. The van der Waals surface area contributed by atoms with Gasteiger partial charge < -0.3 is 10.1 Å². The summed E-state index contributed by atoms with van der Waals surface area (Å²) in [6.45, 7) is 4.40. The minimum absolute atomic E-state index is 0.0834. The van der Waals surface area contributed by atoms with Crippen molar-refractivity contribution in [3.8, 4) is 5.75 Å². The van der Waals surface area contributed by atoms with E-state index in [-0.39, 0.29) is 5.91 Å².